The third-order valence-electron chi connectivity index (χ3n) is 8.50. The molecule has 5 amide bonds. The van der Waals surface area contributed by atoms with E-state index in [-0.39, 0.29) is 19.4 Å². The van der Waals surface area contributed by atoms with Gasteiger partial charge in [-0.05, 0) is 42.4 Å². The molecule has 15 heteroatoms. The van der Waals surface area contributed by atoms with Crippen LogP contribution in [0.4, 0.5) is 0 Å². The standard InChI is InChI=1S/C35H45N5O10/c1-20(2)31(39-32(45)23-13-8-7-12-22(23)21-10-5-4-6-11-21)33(46)38-25(18-30(43)44)34(47)40-17-9-14-27(50-3)26(40)19-29(42)37-24(35(48)49)15-16-28(36)41/h4-8,10-13,20,24-27,31H,9,14-19H2,1-3H3,(H2,36,41)(H,37,42)(H,38,46)(H,39,45)(H,43,44)(H,48,49)/t24-,25-,26-,27-,31-/m0/s1. The zero-order valence-corrected chi connectivity index (χ0v) is 28.3. The number of likely N-dealkylation sites (tertiary alicyclic amines) is 1. The van der Waals surface area contributed by atoms with E-state index in [1.807, 2.05) is 30.3 Å². The number of carbonyl (C=O) groups is 7. The summed E-state index contributed by atoms with van der Waals surface area (Å²) in [6, 6.07) is 11.0. The highest BCUT2D eigenvalue weighted by atomic mass is 16.5. The van der Waals surface area contributed by atoms with Gasteiger partial charge in [0.25, 0.3) is 5.91 Å². The summed E-state index contributed by atoms with van der Waals surface area (Å²) in [6.07, 6.45) is -1.48. The average Bonchev–Trinajstić information content (AvgIpc) is 3.08. The summed E-state index contributed by atoms with van der Waals surface area (Å²) < 4.78 is 5.55. The molecule has 0 unspecified atom stereocenters. The molecule has 270 valence electrons. The van der Waals surface area contributed by atoms with Crippen LogP contribution >= 0.6 is 0 Å². The number of amides is 5. The fraction of sp³-hybridized carbons (Fsp3) is 0.457. The molecule has 0 radical (unpaired) electrons. The summed E-state index contributed by atoms with van der Waals surface area (Å²) in [6.45, 7) is 3.49. The number of benzene rings is 2. The summed E-state index contributed by atoms with van der Waals surface area (Å²) in [5.41, 5.74) is 6.87. The van der Waals surface area contributed by atoms with Crippen molar-refractivity contribution in [2.45, 2.75) is 82.6 Å². The van der Waals surface area contributed by atoms with Crippen LogP contribution in [-0.2, 0) is 33.5 Å². The molecule has 1 aliphatic heterocycles. The van der Waals surface area contributed by atoms with Crippen LogP contribution in [0, 0.1) is 5.92 Å². The maximum Gasteiger partial charge on any atom is 0.326 e. The molecule has 1 saturated heterocycles. The van der Waals surface area contributed by atoms with Crippen LogP contribution < -0.4 is 21.7 Å². The monoisotopic (exact) mass is 695 g/mol. The van der Waals surface area contributed by atoms with E-state index in [4.69, 9.17) is 10.5 Å². The molecule has 15 nitrogen and oxygen atoms in total. The van der Waals surface area contributed by atoms with Gasteiger partial charge in [0.1, 0.15) is 18.1 Å². The van der Waals surface area contributed by atoms with Gasteiger partial charge in [0.05, 0.1) is 18.6 Å². The number of hydrogen-bond donors (Lipinski definition) is 6. The SMILES string of the molecule is CO[C@H]1CCCN(C(=O)[C@H](CC(=O)O)NC(=O)[C@@H](NC(=O)c2ccccc2-c2ccccc2)C(C)C)[C@H]1CC(=O)N[C@@H](CCC(N)=O)C(=O)O. The molecule has 0 saturated carbocycles. The summed E-state index contributed by atoms with van der Waals surface area (Å²) >= 11 is 0. The van der Waals surface area contributed by atoms with Gasteiger partial charge in [-0.2, -0.15) is 0 Å². The van der Waals surface area contributed by atoms with Crippen LogP contribution in [-0.4, -0.2) is 101 Å². The van der Waals surface area contributed by atoms with Crippen molar-refractivity contribution in [3.8, 4) is 11.1 Å². The van der Waals surface area contributed by atoms with Crippen LogP contribution in [0.25, 0.3) is 11.1 Å². The minimum Gasteiger partial charge on any atom is -0.481 e. The van der Waals surface area contributed by atoms with E-state index in [0.29, 0.717) is 24.0 Å². The minimum absolute atomic E-state index is 0.104. The van der Waals surface area contributed by atoms with E-state index >= 15 is 0 Å². The molecule has 0 aliphatic carbocycles. The van der Waals surface area contributed by atoms with E-state index in [0.717, 1.165) is 5.56 Å². The van der Waals surface area contributed by atoms with Crippen LogP contribution in [0.2, 0.25) is 0 Å². The number of carboxylic acid groups (broad SMARTS) is 2. The highest BCUT2D eigenvalue weighted by Gasteiger charge is 2.40. The third-order valence-corrected chi connectivity index (χ3v) is 8.50. The van der Waals surface area contributed by atoms with Crippen molar-refractivity contribution >= 4 is 41.5 Å². The van der Waals surface area contributed by atoms with E-state index < -0.39 is 90.5 Å². The zero-order valence-electron chi connectivity index (χ0n) is 28.3. The maximum atomic E-state index is 14.0. The molecular formula is C35H45N5O10. The molecule has 7 N–H and O–H groups in total. The number of carboxylic acids is 2. The van der Waals surface area contributed by atoms with E-state index in [1.165, 1.54) is 12.0 Å². The van der Waals surface area contributed by atoms with Gasteiger partial charge in [0, 0.05) is 32.1 Å². The smallest absolute Gasteiger partial charge is 0.326 e. The van der Waals surface area contributed by atoms with Crippen molar-refractivity contribution < 1.29 is 48.5 Å². The second-order valence-electron chi connectivity index (χ2n) is 12.4. The van der Waals surface area contributed by atoms with E-state index in [9.17, 15) is 43.8 Å². The number of nitrogens with zero attached hydrogens (tertiary/aromatic N) is 1. The molecule has 2 aromatic carbocycles. The van der Waals surface area contributed by atoms with Gasteiger partial charge in [-0.1, -0.05) is 62.4 Å². The highest BCUT2D eigenvalue weighted by molar-refractivity contribution is 6.03. The summed E-state index contributed by atoms with van der Waals surface area (Å²) in [7, 11) is 1.39. The largest absolute Gasteiger partial charge is 0.481 e. The number of nitrogens with two attached hydrogens (primary N) is 1. The molecule has 1 aliphatic rings. The number of nitrogens with one attached hydrogen (secondary N) is 3. The van der Waals surface area contributed by atoms with Crippen LogP contribution in [0.1, 0.15) is 62.7 Å². The Morgan fingerprint density at radius 2 is 1.58 bits per heavy atom. The Bertz CT molecular complexity index is 1550. The van der Waals surface area contributed by atoms with Crippen molar-refractivity contribution in [1.29, 1.82) is 0 Å². The van der Waals surface area contributed by atoms with Gasteiger partial charge < -0.3 is 41.5 Å². The minimum atomic E-state index is -1.57. The first-order valence-electron chi connectivity index (χ1n) is 16.3. The summed E-state index contributed by atoms with van der Waals surface area (Å²) in [5, 5.41) is 26.8. The number of primary amides is 1. The van der Waals surface area contributed by atoms with Crippen LogP contribution in [0.5, 0.6) is 0 Å². The zero-order chi connectivity index (χ0) is 37.0. The van der Waals surface area contributed by atoms with Gasteiger partial charge in [0.15, 0.2) is 0 Å². The fourth-order valence-electron chi connectivity index (χ4n) is 5.94. The van der Waals surface area contributed by atoms with Crippen LogP contribution in [0.3, 0.4) is 0 Å². The van der Waals surface area contributed by atoms with Gasteiger partial charge in [0.2, 0.25) is 23.6 Å². The number of aliphatic carboxylic acids is 2. The second-order valence-corrected chi connectivity index (χ2v) is 12.4. The van der Waals surface area contributed by atoms with Gasteiger partial charge in [-0.3, -0.25) is 28.8 Å². The Balaban J connectivity index is 1.82. The lowest BCUT2D eigenvalue weighted by atomic mass is 9.93. The number of methoxy groups -OCH3 is 1. The molecule has 5 atom stereocenters. The number of hydrogen-bond acceptors (Lipinski definition) is 8. The lowest BCUT2D eigenvalue weighted by Crippen LogP contribution is -2.61. The Morgan fingerprint density at radius 3 is 2.18 bits per heavy atom. The number of piperidine rings is 1. The molecule has 0 spiro atoms. The second kappa shape index (κ2) is 18.5. The molecule has 1 fully saturated rings. The van der Waals surface area contributed by atoms with Crippen LogP contribution in [0.15, 0.2) is 54.6 Å². The Morgan fingerprint density at radius 1 is 0.920 bits per heavy atom. The first kappa shape index (κ1) is 39.1. The molecule has 1 heterocycles. The van der Waals surface area contributed by atoms with Crippen molar-refractivity contribution in [3.63, 3.8) is 0 Å². The molecule has 0 aromatic heterocycles. The first-order chi connectivity index (χ1) is 23.7. The predicted molar refractivity (Wildman–Crippen MR) is 180 cm³/mol. The van der Waals surface area contributed by atoms with Gasteiger partial charge in [-0.15, -0.1) is 0 Å². The highest BCUT2D eigenvalue weighted by Crippen LogP contribution is 2.26. The maximum absolute atomic E-state index is 14.0. The van der Waals surface area contributed by atoms with Crippen molar-refractivity contribution in [3.05, 3.63) is 60.2 Å². The number of rotatable bonds is 17. The van der Waals surface area contributed by atoms with Gasteiger partial charge >= 0.3 is 11.9 Å². The number of ether oxygens (including phenoxy) is 1. The third kappa shape index (κ3) is 10.9. The van der Waals surface area contributed by atoms with Crippen molar-refractivity contribution in [1.82, 2.24) is 20.9 Å². The Labute approximate surface area is 289 Å². The lowest BCUT2D eigenvalue weighted by molar-refractivity contribution is -0.150. The van der Waals surface area contributed by atoms with Gasteiger partial charge in [-0.25, -0.2) is 4.79 Å². The predicted octanol–water partition coefficient (Wildman–Crippen LogP) is 1.30. The summed E-state index contributed by atoms with van der Waals surface area (Å²) in [4.78, 5) is 90.3. The molecular weight excluding hydrogens is 650 g/mol. The lowest BCUT2D eigenvalue weighted by Gasteiger charge is -2.42. The Kier molecular flexibility index (Phi) is 14.4. The molecule has 2 aromatic rings. The van der Waals surface area contributed by atoms with E-state index in [2.05, 4.69) is 16.0 Å². The quantitative estimate of drug-likeness (QED) is 0.139. The van der Waals surface area contributed by atoms with E-state index in [1.54, 1.807) is 38.1 Å². The molecule has 0 bridgehead atoms. The molecule has 50 heavy (non-hydrogen) atoms. The summed E-state index contributed by atoms with van der Waals surface area (Å²) in [5.74, 6) is -6.81. The molecule has 3 rings (SSSR count). The normalized spacial score (nSPS) is 17.6. The van der Waals surface area contributed by atoms with Crippen molar-refractivity contribution in [2.75, 3.05) is 13.7 Å². The fourth-order valence-corrected chi connectivity index (χ4v) is 5.94. The van der Waals surface area contributed by atoms with Crippen molar-refractivity contribution in [2.24, 2.45) is 11.7 Å². The average molecular weight is 696 g/mol. The Hall–Kier alpha value is -5.31. The topological polar surface area (TPSA) is 235 Å². The first-order valence-corrected chi connectivity index (χ1v) is 16.3. The number of carbonyl (C=O) groups excluding carboxylic acids is 5.